The molecule has 2 aliphatic heterocycles. The lowest BCUT2D eigenvalue weighted by Gasteiger charge is -2.29. The number of likely N-dealkylation sites (tertiary alicyclic amines) is 1. The number of phenolic OH excluding ortho intramolecular Hbond substituents is 1. The topological polar surface area (TPSA) is 109 Å². The molecule has 2 saturated heterocycles. The molecule has 2 aromatic carbocycles. The van der Waals surface area contributed by atoms with Crippen molar-refractivity contribution >= 4 is 17.4 Å². The van der Waals surface area contributed by atoms with Crippen LogP contribution in [0.5, 0.6) is 17.2 Å². The molecule has 9 heteroatoms. The van der Waals surface area contributed by atoms with Crippen molar-refractivity contribution < 1.29 is 34.0 Å². The third kappa shape index (κ3) is 5.32. The fraction of sp³-hybridized carbons (Fsp3) is 0.407. The maximum Gasteiger partial charge on any atom is 0.295 e. The van der Waals surface area contributed by atoms with E-state index in [1.165, 1.54) is 18.1 Å². The second-order valence-electron chi connectivity index (χ2n) is 8.69. The van der Waals surface area contributed by atoms with E-state index >= 15 is 0 Å². The Labute approximate surface area is 210 Å². The first-order chi connectivity index (χ1) is 17.4. The standard InChI is InChI=1S/C27H32N2O7/c1-3-36-20-7-4-6-19(16-20)25(31)23-24(18-8-9-21(30)22(17-18)34-2)29(27(33)26(23)32)11-5-10-28-12-14-35-15-13-28/h4,6-9,16-17,24,30-31H,3,5,10-15H2,1-2H3. The molecular weight excluding hydrogens is 464 g/mol. The third-order valence-electron chi connectivity index (χ3n) is 6.46. The van der Waals surface area contributed by atoms with Gasteiger partial charge in [0, 0.05) is 31.7 Å². The van der Waals surface area contributed by atoms with E-state index in [2.05, 4.69) is 4.90 Å². The number of hydrogen-bond donors (Lipinski definition) is 2. The van der Waals surface area contributed by atoms with E-state index < -0.39 is 17.7 Å². The molecule has 2 fully saturated rings. The lowest BCUT2D eigenvalue weighted by atomic mass is 9.95. The molecular formula is C27H32N2O7. The van der Waals surface area contributed by atoms with E-state index in [-0.39, 0.29) is 22.8 Å². The summed E-state index contributed by atoms with van der Waals surface area (Å²) >= 11 is 0. The predicted octanol–water partition coefficient (Wildman–Crippen LogP) is 2.94. The molecule has 0 spiro atoms. The highest BCUT2D eigenvalue weighted by Gasteiger charge is 2.46. The Bertz CT molecular complexity index is 1140. The number of nitrogens with zero attached hydrogens (tertiary/aromatic N) is 2. The van der Waals surface area contributed by atoms with Crippen LogP contribution in [-0.2, 0) is 14.3 Å². The monoisotopic (exact) mass is 496 g/mol. The van der Waals surface area contributed by atoms with Gasteiger partial charge < -0.3 is 29.3 Å². The third-order valence-corrected chi connectivity index (χ3v) is 6.46. The Morgan fingerprint density at radius 1 is 1.11 bits per heavy atom. The second-order valence-corrected chi connectivity index (χ2v) is 8.69. The largest absolute Gasteiger partial charge is 0.507 e. The lowest BCUT2D eigenvalue weighted by molar-refractivity contribution is -0.140. The highest BCUT2D eigenvalue weighted by Crippen LogP contribution is 2.42. The molecule has 2 N–H and O–H groups in total. The van der Waals surface area contributed by atoms with Crippen LogP contribution >= 0.6 is 0 Å². The highest BCUT2D eigenvalue weighted by atomic mass is 16.5. The molecule has 192 valence electrons. The Hall–Kier alpha value is -3.56. The van der Waals surface area contributed by atoms with Gasteiger partial charge in [0.1, 0.15) is 11.5 Å². The van der Waals surface area contributed by atoms with Crippen LogP contribution in [0.4, 0.5) is 0 Å². The highest BCUT2D eigenvalue weighted by molar-refractivity contribution is 6.46. The van der Waals surface area contributed by atoms with Crippen LogP contribution in [0.15, 0.2) is 48.0 Å². The molecule has 0 aliphatic carbocycles. The predicted molar refractivity (Wildman–Crippen MR) is 133 cm³/mol. The van der Waals surface area contributed by atoms with Crippen molar-refractivity contribution in [1.29, 1.82) is 0 Å². The number of carbonyl (C=O) groups is 2. The number of methoxy groups -OCH3 is 1. The van der Waals surface area contributed by atoms with Crippen molar-refractivity contribution in [1.82, 2.24) is 9.80 Å². The molecule has 1 atom stereocenters. The van der Waals surface area contributed by atoms with Crippen LogP contribution in [0, 0.1) is 0 Å². The zero-order chi connectivity index (χ0) is 25.7. The zero-order valence-corrected chi connectivity index (χ0v) is 20.6. The quantitative estimate of drug-likeness (QED) is 0.310. The first kappa shape index (κ1) is 25.5. The summed E-state index contributed by atoms with van der Waals surface area (Å²) in [7, 11) is 1.43. The fourth-order valence-electron chi connectivity index (χ4n) is 4.67. The molecule has 0 aromatic heterocycles. The number of Topliss-reactive ketones (excluding diaryl/α,β-unsaturated/α-hetero) is 1. The molecule has 2 heterocycles. The van der Waals surface area contributed by atoms with Gasteiger partial charge >= 0.3 is 0 Å². The molecule has 1 unspecified atom stereocenters. The van der Waals surface area contributed by atoms with Crippen molar-refractivity contribution in [2.24, 2.45) is 0 Å². The number of rotatable bonds is 9. The fourth-order valence-corrected chi connectivity index (χ4v) is 4.67. The van der Waals surface area contributed by atoms with Gasteiger partial charge in [-0.3, -0.25) is 14.5 Å². The minimum absolute atomic E-state index is 0.00670. The molecule has 4 rings (SSSR count). The van der Waals surface area contributed by atoms with Crippen LogP contribution in [-0.4, -0.2) is 84.8 Å². The van der Waals surface area contributed by atoms with Crippen LogP contribution in [0.25, 0.3) is 5.76 Å². The van der Waals surface area contributed by atoms with Gasteiger partial charge in [-0.2, -0.15) is 0 Å². The Morgan fingerprint density at radius 3 is 2.61 bits per heavy atom. The van der Waals surface area contributed by atoms with Gasteiger partial charge in [0.25, 0.3) is 11.7 Å². The van der Waals surface area contributed by atoms with E-state index in [0.29, 0.717) is 49.7 Å². The van der Waals surface area contributed by atoms with E-state index in [1.807, 2.05) is 6.92 Å². The number of aliphatic hydroxyl groups is 1. The number of amides is 1. The van der Waals surface area contributed by atoms with Crippen molar-refractivity contribution in [3.8, 4) is 17.2 Å². The first-order valence-electron chi connectivity index (χ1n) is 12.1. The van der Waals surface area contributed by atoms with Gasteiger partial charge in [-0.1, -0.05) is 18.2 Å². The van der Waals surface area contributed by atoms with Crippen molar-refractivity contribution in [2.75, 3.05) is 53.1 Å². The number of hydrogen-bond acceptors (Lipinski definition) is 8. The summed E-state index contributed by atoms with van der Waals surface area (Å²) in [5.74, 6) is -0.999. The summed E-state index contributed by atoms with van der Waals surface area (Å²) in [5.41, 5.74) is 0.925. The summed E-state index contributed by atoms with van der Waals surface area (Å²) < 4.78 is 16.2. The zero-order valence-electron chi connectivity index (χ0n) is 20.6. The van der Waals surface area contributed by atoms with Crippen molar-refractivity contribution in [2.45, 2.75) is 19.4 Å². The number of aliphatic hydroxyl groups excluding tert-OH is 1. The molecule has 2 aromatic rings. The maximum atomic E-state index is 13.3. The number of benzene rings is 2. The maximum absolute atomic E-state index is 13.3. The van der Waals surface area contributed by atoms with Crippen LogP contribution in [0.1, 0.15) is 30.5 Å². The minimum Gasteiger partial charge on any atom is -0.507 e. The average Bonchev–Trinajstić information content (AvgIpc) is 3.14. The molecule has 9 nitrogen and oxygen atoms in total. The Balaban J connectivity index is 1.72. The first-order valence-corrected chi connectivity index (χ1v) is 12.1. The Kier molecular flexibility index (Phi) is 8.12. The van der Waals surface area contributed by atoms with Gasteiger partial charge in [-0.05, 0) is 43.2 Å². The van der Waals surface area contributed by atoms with Crippen molar-refractivity contribution in [3.63, 3.8) is 0 Å². The SMILES string of the molecule is CCOc1cccc(C(O)=C2C(=O)C(=O)N(CCCN3CCOCC3)C2c2ccc(O)c(OC)c2)c1. The van der Waals surface area contributed by atoms with Crippen LogP contribution < -0.4 is 9.47 Å². The molecule has 1 amide bonds. The molecule has 0 saturated carbocycles. The molecule has 2 aliphatic rings. The van der Waals surface area contributed by atoms with Gasteiger partial charge in [-0.25, -0.2) is 0 Å². The molecule has 0 radical (unpaired) electrons. The Morgan fingerprint density at radius 2 is 1.89 bits per heavy atom. The van der Waals surface area contributed by atoms with Gasteiger partial charge in [0.05, 0.1) is 38.5 Å². The number of carbonyl (C=O) groups excluding carboxylic acids is 2. The van der Waals surface area contributed by atoms with E-state index in [1.54, 1.807) is 36.4 Å². The molecule has 0 bridgehead atoms. The van der Waals surface area contributed by atoms with E-state index in [9.17, 15) is 19.8 Å². The normalized spacial score (nSPS) is 20.1. The number of phenols is 1. The lowest BCUT2D eigenvalue weighted by Crippen LogP contribution is -2.38. The molecule has 36 heavy (non-hydrogen) atoms. The summed E-state index contributed by atoms with van der Waals surface area (Å²) in [4.78, 5) is 30.2. The average molecular weight is 497 g/mol. The van der Waals surface area contributed by atoms with Crippen LogP contribution in [0.3, 0.4) is 0 Å². The van der Waals surface area contributed by atoms with E-state index in [0.717, 1.165) is 19.6 Å². The minimum atomic E-state index is -0.833. The summed E-state index contributed by atoms with van der Waals surface area (Å²) in [6.07, 6.45) is 0.651. The second kappa shape index (κ2) is 11.5. The van der Waals surface area contributed by atoms with Crippen LogP contribution in [0.2, 0.25) is 0 Å². The summed E-state index contributed by atoms with van der Waals surface area (Å²) in [6.45, 7) is 6.40. The summed E-state index contributed by atoms with van der Waals surface area (Å²) in [6, 6.07) is 10.6. The number of ether oxygens (including phenoxy) is 3. The number of aromatic hydroxyl groups is 1. The smallest absolute Gasteiger partial charge is 0.295 e. The van der Waals surface area contributed by atoms with E-state index in [4.69, 9.17) is 14.2 Å². The van der Waals surface area contributed by atoms with Crippen molar-refractivity contribution in [3.05, 3.63) is 59.2 Å². The van der Waals surface area contributed by atoms with Gasteiger partial charge in [0.2, 0.25) is 0 Å². The number of morpholine rings is 1. The van der Waals surface area contributed by atoms with Gasteiger partial charge in [-0.15, -0.1) is 0 Å². The van der Waals surface area contributed by atoms with Gasteiger partial charge in [0.15, 0.2) is 11.5 Å². The number of ketones is 1. The summed E-state index contributed by atoms with van der Waals surface area (Å²) in [5, 5.41) is 21.4.